The van der Waals surface area contributed by atoms with Gasteiger partial charge in [-0.05, 0) is 51.9 Å². The molecule has 2 fully saturated rings. The number of aliphatic hydroxyl groups is 1. The van der Waals surface area contributed by atoms with Gasteiger partial charge >= 0.3 is 0 Å². The number of nitrogens with one attached hydrogen (secondary N) is 1. The maximum Gasteiger partial charge on any atom is 0.0564 e. The number of hydrogen-bond acceptors (Lipinski definition) is 3. The van der Waals surface area contributed by atoms with Crippen LogP contribution in [-0.2, 0) is 0 Å². The van der Waals surface area contributed by atoms with Crippen molar-refractivity contribution >= 4 is 0 Å². The molecule has 3 nitrogen and oxygen atoms in total. The summed E-state index contributed by atoms with van der Waals surface area (Å²) in [5.41, 5.74) is 0.677. The van der Waals surface area contributed by atoms with Crippen molar-refractivity contribution in [3.8, 4) is 0 Å². The van der Waals surface area contributed by atoms with Crippen LogP contribution >= 0.6 is 0 Å². The van der Waals surface area contributed by atoms with E-state index in [4.69, 9.17) is 0 Å². The maximum absolute atomic E-state index is 9.67. The monoisotopic (exact) mass is 282 g/mol. The maximum atomic E-state index is 9.67. The van der Waals surface area contributed by atoms with E-state index in [2.05, 4.69) is 31.0 Å². The van der Waals surface area contributed by atoms with Crippen LogP contribution in [-0.4, -0.2) is 47.8 Å². The van der Waals surface area contributed by atoms with Gasteiger partial charge < -0.3 is 15.3 Å². The Balaban J connectivity index is 1.92. The number of nitrogens with zero attached hydrogens (tertiary/aromatic N) is 1. The lowest BCUT2D eigenvalue weighted by atomic mass is 9.73. The van der Waals surface area contributed by atoms with E-state index in [1.54, 1.807) is 0 Å². The lowest BCUT2D eigenvalue weighted by Crippen LogP contribution is -2.51. The molecule has 0 unspecified atom stereocenters. The summed E-state index contributed by atoms with van der Waals surface area (Å²) >= 11 is 0. The molecule has 0 atom stereocenters. The van der Waals surface area contributed by atoms with Crippen molar-refractivity contribution in [3.63, 3.8) is 0 Å². The van der Waals surface area contributed by atoms with Crippen LogP contribution in [0.2, 0.25) is 0 Å². The number of rotatable bonds is 4. The summed E-state index contributed by atoms with van der Waals surface area (Å²) in [6, 6.07) is 0. The molecule has 3 heteroatoms. The first-order valence-corrected chi connectivity index (χ1v) is 8.54. The van der Waals surface area contributed by atoms with Crippen molar-refractivity contribution in [1.82, 2.24) is 10.2 Å². The van der Waals surface area contributed by atoms with E-state index >= 15 is 0 Å². The summed E-state index contributed by atoms with van der Waals surface area (Å²) in [5, 5.41) is 13.4. The van der Waals surface area contributed by atoms with E-state index in [-0.39, 0.29) is 11.6 Å². The van der Waals surface area contributed by atoms with Crippen LogP contribution in [0.15, 0.2) is 0 Å². The fourth-order valence-electron chi connectivity index (χ4n) is 3.70. The summed E-state index contributed by atoms with van der Waals surface area (Å²) in [6.45, 7) is 11.3. The van der Waals surface area contributed by atoms with Gasteiger partial charge in [0.1, 0.15) is 0 Å². The molecule has 2 aliphatic rings. The zero-order valence-corrected chi connectivity index (χ0v) is 13.7. The van der Waals surface area contributed by atoms with Crippen LogP contribution in [0.5, 0.6) is 0 Å². The summed E-state index contributed by atoms with van der Waals surface area (Å²) in [5.74, 6) is 0. The summed E-state index contributed by atoms with van der Waals surface area (Å²) < 4.78 is 0. The van der Waals surface area contributed by atoms with E-state index in [0.29, 0.717) is 5.41 Å². The highest BCUT2D eigenvalue weighted by Gasteiger charge is 2.35. The molecular weight excluding hydrogens is 248 g/mol. The minimum absolute atomic E-state index is 0.0544. The van der Waals surface area contributed by atoms with E-state index < -0.39 is 0 Å². The van der Waals surface area contributed by atoms with Gasteiger partial charge in [0.2, 0.25) is 0 Å². The molecule has 0 bridgehead atoms. The highest BCUT2D eigenvalue weighted by Crippen LogP contribution is 2.37. The van der Waals surface area contributed by atoms with Crippen LogP contribution in [0.25, 0.3) is 0 Å². The van der Waals surface area contributed by atoms with Crippen molar-refractivity contribution < 1.29 is 5.11 Å². The Morgan fingerprint density at radius 3 is 2.25 bits per heavy atom. The van der Waals surface area contributed by atoms with Crippen molar-refractivity contribution in [1.29, 1.82) is 0 Å². The molecule has 2 rings (SSSR count). The molecule has 0 radical (unpaired) electrons. The average Bonchev–Trinajstić information content (AvgIpc) is 2.40. The zero-order valence-electron chi connectivity index (χ0n) is 13.7. The van der Waals surface area contributed by atoms with E-state index in [1.165, 1.54) is 38.6 Å². The number of likely N-dealkylation sites (tertiary alicyclic amines) is 1. The minimum Gasteiger partial charge on any atom is -0.393 e. The molecule has 1 saturated carbocycles. The molecule has 2 N–H and O–H groups in total. The second-order valence-corrected chi connectivity index (χ2v) is 8.17. The molecule has 0 aromatic carbocycles. The minimum atomic E-state index is -0.0544. The van der Waals surface area contributed by atoms with Crippen molar-refractivity contribution in [3.05, 3.63) is 0 Å². The van der Waals surface area contributed by atoms with Crippen molar-refractivity contribution in [2.45, 2.75) is 77.4 Å². The predicted molar refractivity (Wildman–Crippen MR) is 85.0 cm³/mol. The second-order valence-electron chi connectivity index (χ2n) is 8.17. The van der Waals surface area contributed by atoms with Gasteiger partial charge in [-0.2, -0.15) is 0 Å². The Hall–Kier alpha value is -0.120. The lowest BCUT2D eigenvalue weighted by Gasteiger charge is -2.44. The van der Waals surface area contributed by atoms with Gasteiger partial charge in [0.15, 0.2) is 0 Å². The van der Waals surface area contributed by atoms with Crippen LogP contribution in [0.1, 0.15) is 65.7 Å². The lowest BCUT2D eigenvalue weighted by molar-refractivity contribution is 0.0403. The molecule has 118 valence electrons. The van der Waals surface area contributed by atoms with Crippen molar-refractivity contribution in [2.24, 2.45) is 5.41 Å². The van der Waals surface area contributed by atoms with Crippen LogP contribution in [0.3, 0.4) is 0 Å². The molecule has 0 amide bonds. The highest BCUT2D eigenvalue weighted by atomic mass is 16.3. The normalized spacial score (nSPS) is 25.8. The first-order chi connectivity index (χ1) is 9.39. The first-order valence-electron chi connectivity index (χ1n) is 8.54. The Kier molecular flexibility index (Phi) is 5.49. The predicted octanol–water partition coefficient (Wildman–Crippen LogP) is 2.78. The van der Waals surface area contributed by atoms with E-state index in [1.807, 2.05) is 0 Å². The van der Waals surface area contributed by atoms with Crippen LogP contribution in [0.4, 0.5) is 0 Å². The van der Waals surface area contributed by atoms with Gasteiger partial charge in [0.25, 0.3) is 0 Å². The SMILES string of the molecule is CC(C)(C)NCC1(CN2CCC(O)CC2)CCCCC1. The quantitative estimate of drug-likeness (QED) is 0.832. The third kappa shape index (κ3) is 5.01. The number of aliphatic hydroxyl groups excluding tert-OH is 1. The molecular formula is C17H34N2O. The molecule has 1 heterocycles. The molecule has 1 aliphatic heterocycles. The largest absolute Gasteiger partial charge is 0.393 e. The standard InChI is InChI=1S/C17H34N2O/c1-16(2,3)18-13-17(9-5-4-6-10-17)14-19-11-7-15(20)8-12-19/h15,18,20H,4-14H2,1-3H3. The third-order valence-electron chi connectivity index (χ3n) is 5.02. The summed E-state index contributed by atoms with van der Waals surface area (Å²) in [6.07, 6.45) is 8.80. The molecule has 1 aliphatic carbocycles. The van der Waals surface area contributed by atoms with Crippen molar-refractivity contribution in [2.75, 3.05) is 26.2 Å². The van der Waals surface area contributed by atoms with Gasteiger partial charge in [-0.15, -0.1) is 0 Å². The zero-order chi connectivity index (χ0) is 14.6. The Labute approximate surface area is 125 Å². The summed E-state index contributed by atoms with van der Waals surface area (Å²) in [7, 11) is 0. The molecule has 0 aromatic rings. The van der Waals surface area contributed by atoms with Gasteiger partial charge in [-0.1, -0.05) is 19.3 Å². The summed E-state index contributed by atoms with van der Waals surface area (Å²) in [4.78, 5) is 2.60. The molecule has 1 saturated heterocycles. The highest BCUT2D eigenvalue weighted by molar-refractivity contribution is 4.90. The molecule has 0 spiro atoms. The topological polar surface area (TPSA) is 35.5 Å². The van der Waals surface area contributed by atoms with Gasteiger partial charge in [0.05, 0.1) is 6.10 Å². The Morgan fingerprint density at radius 1 is 1.10 bits per heavy atom. The second kappa shape index (κ2) is 6.76. The van der Waals surface area contributed by atoms with Gasteiger partial charge in [-0.25, -0.2) is 0 Å². The van der Waals surface area contributed by atoms with E-state index in [0.717, 1.165) is 32.5 Å². The molecule has 20 heavy (non-hydrogen) atoms. The fourth-order valence-corrected chi connectivity index (χ4v) is 3.70. The van der Waals surface area contributed by atoms with Crippen LogP contribution in [0, 0.1) is 5.41 Å². The third-order valence-corrected chi connectivity index (χ3v) is 5.02. The smallest absolute Gasteiger partial charge is 0.0564 e. The number of piperidine rings is 1. The average molecular weight is 282 g/mol. The Morgan fingerprint density at radius 2 is 1.70 bits per heavy atom. The fraction of sp³-hybridized carbons (Fsp3) is 1.00. The van der Waals surface area contributed by atoms with Gasteiger partial charge in [0, 0.05) is 31.7 Å². The first kappa shape index (κ1) is 16.3. The number of hydrogen-bond donors (Lipinski definition) is 2. The Bertz CT molecular complexity index is 284. The molecule has 0 aromatic heterocycles. The van der Waals surface area contributed by atoms with Crippen LogP contribution < -0.4 is 5.32 Å². The van der Waals surface area contributed by atoms with Gasteiger partial charge in [-0.3, -0.25) is 0 Å². The van der Waals surface area contributed by atoms with E-state index in [9.17, 15) is 5.11 Å².